The number of nitrogens with one attached hydrogen (secondary N) is 2. The van der Waals surface area contributed by atoms with Crippen LogP contribution in [0, 0.1) is 5.92 Å². The van der Waals surface area contributed by atoms with Gasteiger partial charge in [-0.2, -0.15) is 0 Å². The smallest absolute Gasteiger partial charge is 0.0331 e. The minimum absolute atomic E-state index is 0.772. The van der Waals surface area contributed by atoms with E-state index in [4.69, 9.17) is 0 Å². The van der Waals surface area contributed by atoms with Gasteiger partial charge in [0.05, 0.1) is 0 Å². The molecule has 11 heavy (non-hydrogen) atoms. The number of allylic oxidation sites excluding steroid dienone is 1. The van der Waals surface area contributed by atoms with Gasteiger partial charge in [0, 0.05) is 13.1 Å². The van der Waals surface area contributed by atoms with Crippen molar-refractivity contribution in [2.24, 2.45) is 5.92 Å². The Balaban J connectivity index is 2.02. The fourth-order valence-corrected chi connectivity index (χ4v) is 1.71. The predicted octanol–water partition coefficient (Wildman–Crippen LogP) is 0.639. The number of rotatable bonds is 1. The first-order valence-electron chi connectivity index (χ1n) is 4.27. The lowest BCUT2D eigenvalue weighted by molar-refractivity contribution is 0.687. The summed E-state index contributed by atoms with van der Waals surface area (Å²) in [4.78, 5) is 0. The molecular formula is C9H14N2. The molecule has 0 aromatic rings. The van der Waals surface area contributed by atoms with E-state index in [0.29, 0.717) is 0 Å². The molecular weight excluding hydrogens is 136 g/mol. The zero-order chi connectivity index (χ0) is 7.52. The van der Waals surface area contributed by atoms with Gasteiger partial charge in [-0.1, -0.05) is 6.08 Å². The third-order valence-corrected chi connectivity index (χ3v) is 2.38. The van der Waals surface area contributed by atoms with Gasteiger partial charge in [-0.15, -0.1) is 0 Å². The van der Waals surface area contributed by atoms with Crippen LogP contribution in [0.4, 0.5) is 0 Å². The molecule has 0 radical (unpaired) electrons. The predicted molar refractivity (Wildman–Crippen MR) is 46.2 cm³/mol. The van der Waals surface area contributed by atoms with Crippen LogP contribution in [0.2, 0.25) is 0 Å². The lowest BCUT2D eigenvalue weighted by atomic mass is 9.97. The van der Waals surface area contributed by atoms with Gasteiger partial charge in [-0.3, -0.25) is 0 Å². The van der Waals surface area contributed by atoms with Crippen LogP contribution in [0.1, 0.15) is 6.42 Å². The molecule has 2 rings (SSSR count). The SMILES string of the molecule is C1=CC(C2CCNC2)=CCN1. The van der Waals surface area contributed by atoms with Crippen LogP contribution in [-0.4, -0.2) is 19.6 Å². The maximum Gasteiger partial charge on any atom is 0.0331 e. The van der Waals surface area contributed by atoms with E-state index in [2.05, 4.69) is 22.8 Å². The Morgan fingerprint density at radius 2 is 2.45 bits per heavy atom. The first kappa shape index (κ1) is 6.92. The summed E-state index contributed by atoms with van der Waals surface area (Å²) < 4.78 is 0. The molecule has 2 aliphatic rings. The molecule has 0 aliphatic carbocycles. The molecule has 2 nitrogen and oxygen atoms in total. The Bertz CT molecular complexity index is 188. The fourth-order valence-electron chi connectivity index (χ4n) is 1.71. The minimum Gasteiger partial charge on any atom is -0.387 e. The normalized spacial score (nSPS) is 29.8. The Labute approximate surface area is 67.4 Å². The molecule has 1 atom stereocenters. The van der Waals surface area contributed by atoms with Crippen molar-refractivity contribution < 1.29 is 0 Å². The molecule has 1 saturated heterocycles. The molecule has 0 amide bonds. The second-order valence-electron chi connectivity index (χ2n) is 3.14. The molecule has 2 heterocycles. The first-order valence-corrected chi connectivity index (χ1v) is 4.27. The van der Waals surface area contributed by atoms with Crippen molar-refractivity contribution in [3.8, 4) is 0 Å². The highest BCUT2D eigenvalue weighted by Crippen LogP contribution is 2.19. The van der Waals surface area contributed by atoms with Crippen LogP contribution in [0.15, 0.2) is 23.9 Å². The van der Waals surface area contributed by atoms with Gasteiger partial charge in [-0.25, -0.2) is 0 Å². The van der Waals surface area contributed by atoms with Crippen molar-refractivity contribution in [3.63, 3.8) is 0 Å². The molecule has 1 unspecified atom stereocenters. The van der Waals surface area contributed by atoms with Gasteiger partial charge in [0.1, 0.15) is 0 Å². The monoisotopic (exact) mass is 150 g/mol. The van der Waals surface area contributed by atoms with Crippen molar-refractivity contribution >= 4 is 0 Å². The maximum atomic E-state index is 3.37. The molecule has 2 heteroatoms. The van der Waals surface area contributed by atoms with Crippen LogP contribution in [0.3, 0.4) is 0 Å². The van der Waals surface area contributed by atoms with E-state index in [9.17, 15) is 0 Å². The quantitative estimate of drug-likeness (QED) is 0.573. The minimum atomic E-state index is 0.772. The van der Waals surface area contributed by atoms with E-state index in [1.165, 1.54) is 18.5 Å². The molecule has 2 N–H and O–H groups in total. The van der Waals surface area contributed by atoms with Crippen LogP contribution in [0.25, 0.3) is 0 Å². The van der Waals surface area contributed by atoms with Crippen LogP contribution >= 0.6 is 0 Å². The lowest BCUT2D eigenvalue weighted by Crippen LogP contribution is -2.15. The highest BCUT2D eigenvalue weighted by Gasteiger charge is 2.17. The topological polar surface area (TPSA) is 24.1 Å². The largest absolute Gasteiger partial charge is 0.387 e. The average molecular weight is 150 g/mol. The molecule has 0 spiro atoms. The molecule has 0 bridgehead atoms. The summed E-state index contributed by atoms with van der Waals surface area (Å²) >= 11 is 0. The lowest BCUT2D eigenvalue weighted by Gasteiger charge is -2.13. The van der Waals surface area contributed by atoms with Crippen LogP contribution in [-0.2, 0) is 0 Å². The molecule has 60 valence electrons. The summed E-state index contributed by atoms with van der Waals surface area (Å²) in [6.45, 7) is 3.35. The van der Waals surface area contributed by atoms with Gasteiger partial charge >= 0.3 is 0 Å². The van der Waals surface area contributed by atoms with Crippen molar-refractivity contribution in [2.45, 2.75) is 6.42 Å². The van der Waals surface area contributed by atoms with Gasteiger partial charge in [0.25, 0.3) is 0 Å². The van der Waals surface area contributed by atoms with E-state index < -0.39 is 0 Å². The highest BCUT2D eigenvalue weighted by atomic mass is 14.9. The molecule has 0 saturated carbocycles. The summed E-state index contributed by atoms with van der Waals surface area (Å²) in [5, 5.41) is 6.54. The van der Waals surface area contributed by atoms with Crippen molar-refractivity contribution in [1.82, 2.24) is 10.6 Å². The first-order chi connectivity index (χ1) is 5.47. The number of dihydropyridines is 1. The third-order valence-electron chi connectivity index (χ3n) is 2.38. The number of hydrogen-bond acceptors (Lipinski definition) is 2. The third kappa shape index (κ3) is 1.46. The standard InChI is InChI=1S/C9H14N2/c1-4-10-5-2-8(1)9-3-6-11-7-9/h1-2,4,9-11H,3,5-7H2. The van der Waals surface area contributed by atoms with Crippen molar-refractivity contribution in [2.75, 3.05) is 19.6 Å². The van der Waals surface area contributed by atoms with E-state index in [1.54, 1.807) is 0 Å². The van der Waals surface area contributed by atoms with E-state index in [0.717, 1.165) is 19.0 Å². The van der Waals surface area contributed by atoms with E-state index >= 15 is 0 Å². The summed E-state index contributed by atoms with van der Waals surface area (Å²) in [6, 6.07) is 0. The summed E-state index contributed by atoms with van der Waals surface area (Å²) in [5.41, 5.74) is 1.51. The van der Waals surface area contributed by atoms with Gasteiger partial charge in [0.2, 0.25) is 0 Å². The van der Waals surface area contributed by atoms with Crippen molar-refractivity contribution in [1.29, 1.82) is 0 Å². The van der Waals surface area contributed by atoms with Gasteiger partial charge in [-0.05, 0) is 36.7 Å². The molecule has 2 aliphatic heterocycles. The van der Waals surface area contributed by atoms with E-state index in [1.807, 2.05) is 6.20 Å². The van der Waals surface area contributed by atoms with Gasteiger partial charge in [0.15, 0.2) is 0 Å². The molecule has 1 fully saturated rings. The zero-order valence-corrected chi connectivity index (χ0v) is 6.64. The van der Waals surface area contributed by atoms with Crippen LogP contribution < -0.4 is 10.6 Å². The Kier molecular flexibility index (Phi) is 1.95. The summed E-state index contributed by atoms with van der Waals surface area (Å²) in [6.07, 6.45) is 7.84. The average Bonchev–Trinajstić information content (AvgIpc) is 2.58. The second-order valence-corrected chi connectivity index (χ2v) is 3.14. The second kappa shape index (κ2) is 3.09. The Morgan fingerprint density at radius 1 is 1.45 bits per heavy atom. The Morgan fingerprint density at radius 3 is 3.09 bits per heavy atom. The van der Waals surface area contributed by atoms with Crippen LogP contribution in [0.5, 0.6) is 0 Å². The maximum absolute atomic E-state index is 3.37. The van der Waals surface area contributed by atoms with Crippen molar-refractivity contribution in [3.05, 3.63) is 23.9 Å². The molecule has 0 aromatic heterocycles. The van der Waals surface area contributed by atoms with Gasteiger partial charge < -0.3 is 10.6 Å². The fraction of sp³-hybridized carbons (Fsp3) is 0.556. The summed E-state index contributed by atoms with van der Waals surface area (Å²) in [5.74, 6) is 0.772. The Hall–Kier alpha value is -0.760. The number of hydrogen-bond donors (Lipinski definition) is 2. The summed E-state index contributed by atoms with van der Waals surface area (Å²) in [7, 11) is 0. The zero-order valence-electron chi connectivity index (χ0n) is 6.64. The van der Waals surface area contributed by atoms with E-state index in [-0.39, 0.29) is 0 Å². The highest BCUT2D eigenvalue weighted by molar-refractivity contribution is 5.26. The molecule has 0 aromatic carbocycles.